The number of carbonyl (C=O) groups is 2. The highest BCUT2D eigenvalue weighted by atomic mass is 16.6. The minimum Gasteiger partial charge on any atom is -0.480 e. The second kappa shape index (κ2) is 6.17. The summed E-state index contributed by atoms with van der Waals surface area (Å²) in [6.07, 6.45) is -0.191. The lowest BCUT2D eigenvalue weighted by atomic mass is 10.0. The minimum absolute atomic E-state index is 0.236. The molecule has 22 heavy (non-hydrogen) atoms. The quantitative estimate of drug-likeness (QED) is 0.853. The molecule has 1 atom stereocenters. The van der Waals surface area contributed by atoms with Crippen molar-refractivity contribution in [3.63, 3.8) is 0 Å². The molecule has 0 aromatic carbocycles. The number of carboxylic acids is 1. The number of aromatic nitrogens is 2. The topological polar surface area (TPSA) is 106 Å². The van der Waals surface area contributed by atoms with Crippen LogP contribution in [0, 0.1) is 19.8 Å². The van der Waals surface area contributed by atoms with Crippen molar-refractivity contribution in [1.29, 1.82) is 0 Å². The molecule has 0 spiro atoms. The van der Waals surface area contributed by atoms with Gasteiger partial charge in [-0.1, -0.05) is 19.0 Å². The predicted octanol–water partition coefficient (Wildman–Crippen LogP) is 1.32. The Bertz CT molecular complexity index is 633. The number of hydrogen-bond donors (Lipinski definition) is 2. The summed E-state index contributed by atoms with van der Waals surface area (Å²) in [6, 6.07) is 0. The van der Waals surface area contributed by atoms with Crippen molar-refractivity contribution in [2.24, 2.45) is 11.1 Å². The largest absolute Gasteiger partial charge is 0.480 e. The molecular formula is C14H20N4O4. The highest BCUT2D eigenvalue weighted by molar-refractivity contribution is 6.00. The number of amides is 1. The second-order valence-electron chi connectivity index (χ2n) is 5.62. The van der Waals surface area contributed by atoms with Crippen molar-refractivity contribution in [3.05, 3.63) is 11.4 Å². The van der Waals surface area contributed by atoms with Crippen LogP contribution in [0.1, 0.15) is 31.7 Å². The number of aryl methyl sites for hydroxylation is 1. The van der Waals surface area contributed by atoms with Crippen LogP contribution in [0.15, 0.2) is 5.16 Å². The van der Waals surface area contributed by atoms with Gasteiger partial charge in [0.15, 0.2) is 0 Å². The number of hydrogen-bond acceptors (Lipinski definition) is 5. The van der Waals surface area contributed by atoms with Crippen LogP contribution in [0.2, 0.25) is 0 Å². The molecule has 2 N–H and O–H groups in total. The van der Waals surface area contributed by atoms with Crippen LogP contribution in [0.5, 0.6) is 0 Å². The number of carbonyl (C=O) groups excluding carboxylic acids is 1. The molecule has 1 aliphatic heterocycles. The highest BCUT2D eigenvalue weighted by Crippen LogP contribution is 2.22. The third-order valence-electron chi connectivity index (χ3n) is 3.57. The summed E-state index contributed by atoms with van der Waals surface area (Å²) >= 11 is 0. The van der Waals surface area contributed by atoms with E-state index in [4.69, 9.17) is 9.94 Å². The van der Waals surface area contributed by atoms with Crippen molar-refractivity contribution >= 4 is 23.3 Å². The zero-order valence-electron chi connectivity index (χ0n) is 13.1. The fourth-order valence-corrected chi connectivity index (χ4v) is 2.24. The van der Waals surface area contributed by atoms with Gasteiger partial charge in [0.2, 0.25) is 6.10 Å². The number of nitrogens with one attached hydrogen (secondary N) is 1. The van der Waals surface area contributed by atoms with Crippen molar-refractivity contribution in [3.8, 4) is 0 Å². The molecule has 0 saturated carbocycles. The molecular weight excluding hydrogens is 288 g/mol. The molecule has 1 aromatic rings. The van der Waals surface area contributed by atoms with Crippen LogP contribution in [-0.4, -0.2) is 38.6 Å². The monoisotopic (exact) mass is 308 g/mol. The fraction of sp³-hybridized carbons (Fsp3) is 0.571. The summed E-state index contributed by atoms with van der Waals surface area (Å²) in [4.78, 5) is 28.2. The van der Waals surface area contributed by atoms with Crippen molar-refractivity contribution in [2.75, 3.05) is 5.32 Å². The summed E-state index contributed by atoms with van der Waals surface area (Å²) in [5, 5.41) is 19.7. The first kappa shape index (κ1) is 16.0. The highest BCUT2D eigenvalue weighted by Gasteiger charge is 2.30. The summed E-state index contributed by atoms with van der Waals surface area (Å²) in [5.74, 6) is -1.06. The number of anilines is 1. The Labute approximate surface area is 128 Å². The summed E-state index contributed by atoms with van der Waals surface area (Å²) < 4.78 is 1.35. The van der Waals surface area contributed by atoms with E-state index in [2.05, 4.69) is 15.6 Å². The van der Waals surface area contributed by atoms with Gasteiger partial charge in [-0.05, 0) is 19.8 Å². The molecule has 8 heteroatoms. The maximum Gasteiger partial charge on any atom is 0.325 e. The molecule has 0 unspecified atom stereocenters. The molecule has 1 amide bonds. The summed E-state index contributed by atoms with van der Waals surface area (Å²) in [5.41, 5.74) is 2.54. The Balaban J connectivity index is 2.07. The van der Waals surface area contributed by atoms with E-state index in [1.807, 2.05) is 13.8 Å². The van der Waals surface area contributed by atoms with E-state index in [1.165, 1.54) is 4.68 Å². The lowest BCUT2D eigenvalue weighted by Gasteiger charge is -2.10. The van der Waals surface area contributed by atoms with Crippen molar-refractivity contribution in [1.82, 2.24) is 9.78 Å². The van der Waals surface area contributed by atoms with E-state index in [0.717, 1.165) is 5.71 Å². The predicted molar refractivity (Wildman–Crippen MR) is 79.7 cm³/mol. The van der Waals surface area contributed by atoms with Gasteiger partial charge in [-0.15, -0.1) is 0 Å². The molecule has 1 aliphatic rings. The van der Waals surface area contributed by atoms with E-state index in [9.17, 15) is 9.59 Å². The first-order chi connectivity index (χ1) is 10.3. The summed E-state index contributed by atoms with van der Waals surface area (Å²) in [6.45, 7) is 7.17. The fourth-order valence-electron chi connectivity index (χ4n) is 2.24. The Hall–Kier alpha value is -2.38. The molecule has 120 valence electrons. The second-order valence-corrected chi connectivity index (χ2v) is 5.62. The third kappa shape index (κ3) is 3.26. The van der Waals surface area contributed by atoms with E-state index in [1.54, 1.807) is 13.8 Å². The average molecular weight is 308 g/mol. The zero-order valence-corrected chi connectivity index (χ0v) is 13.1. The van der Waals surface area contributed by atoms with Crippen LogP contribution in [0.4, 0.5) is 5.69 Å². The number of rotatable bonds is 5. The van der Waals surface area contributed by atoms with E-state index in [0.29, 0.717) is 23.5 Å². The Morgan fingerprint density at radius 3 is 2.68 bits per heavy atom. The molecule has 2 heterocycles. The van der Waals surface area contributed by atoms with E-state index >= 15 is 0 Å². The van der Waals surface area contributed by atoms with Crippen LogP contribution in [0.25, 0.3) is 0 Å². The van der Waals surface area contributed by atoms with Crippen molar-refractivity contribution in [2.45, 2.75) is 46.8 Å². The Kier molecular flexibility index (Phi) is 4.48. The lowest BCUT2D eigenvalue weighted by Crippen LogP contribution is -2.29. The van der Waals surface area contributed by atoms with Gasteiger partial charge in [-0.2, -0.15) is 5.10 Å². The molecule has 2 rings (SSSR count). The standard InChI is InChI=1S/C14H20N4O4/c1-7(2)10-5-11(22-17-10)14(21)15-13-8(3)16-18(9(13)4)6-12(19)20/h7,11H,5-6H2,1-4H3,(H,15,21)(H,19,20)/t11-/m1/s1. The van der Waals surface area contributed by atoms with Gasteiger partial charge in [-0.25, -0.2) is 0 Å². The first-order valence-electron chi connectivity index (χ1n) is 7.08. The third-order valence-corrected chi connectivity index (χ3v) is 3.57. The van der Waals surface area contributed by atoms with Gasteiger partial charge in [0.05, 0.1) is 22.8 Å². The molecule has 0 bridgehead atoms. The maximum atomic E-state index is 12.3. The Morgan fingerprint density at radius 1 is 1.45 bits per heavy atom. The zero-order chi connectivity index (χ0) is 16.4. The molecule has 0 aliphatic carbocycles. The number of nitrogens with zero attached hydrogens (tertiary/aromatic N) is 3. The van der Waals surface area contributed by atoms with Gasteiger partial charge in [0.1, 0.15) is 6.54 Å². The number of aliphatic carboxylic acids is 1. The molecule has 0 saturated heterocycles. The molecule has 0 fully saturated rings. The molecule has 8 nitrogen and oxygen atoms in total. The lowest BCUT2D eigenvalue weighted by molar-refractivity contribution is -0.138. The van der Waals surface area contributed by atoms with Gasteiger partial charge < -0.3 is 15.3 Å². The van der Waals surface area contributed by atoms with E-state index in [-0.39, 0.29) is 18.4 Å². The average Bonchev–Trinajstić information content (AvgIpc) is 3.00. The van der Waals surface area contributed by atoms with Crippen LogP contribution < -0.4 is 5.32 Å². The molecule has 1 aromatic heterocycles. The maximum absolute atomic E-state index is 12.3. The van der Waals surface area contributed by atoms with Crippen LogP contribution in [0.3, 0.4) is 0 Å². The van der Waals surface area contributed by atoms with Crippen LogP contribution >= 0.6 is 0 Å². The van der Waals surface area contributed by atoms with Gasteiger partial charge >= 0.3 is 5.97 Å². The number of oxime groups is 1. The Morgan fingerprint density at radius 2 is 2.14 bits per heavy atom. The van der Waals surface area contributed by atoms with Gasteiger partial charge in [0.25, 0.3) is 5.91 Å². The summed E-state index contributed by atoms with van der Waals surface area (Å²) in [7, 11) is 0. The van der Waals surface area contributed by atoms with Crippen LogP contribution in [-0.2, 0) is 21.0 Å². The van der Waals surface area contributed by atoms with Crippen molar-refractivity contribution < 1.29 is 19.5 Å². The molecule has 0 radical (unpaired) electrons. The van der Waals surface area contributed by atoms with Gasteiger partial charge in [0, 0.05) is 6.42 Å². The normalized spacial score (nSPS) is 17.3. The van der Waals surface area contributed by atoms with Gasteiger partial charge in [-0.3, -0.25) is 14.3 Å². The SMILES string of the molecule is Cc1nn(CC(=O)O)c(C)c1NC(=O)[C@H]1CC(C(C)C)=NO1. The minimum atomic E-state index is -0.988. The number of carboxylic acid groups (broad SMARTS) is 1. The smallest absolute Gasteiger partial charge is 0.325 e. The first-order valence-corrected chi connectivity index (χ1v) is 7.08. The van der Waals surface area contributed by atoms with E-state index < -0.39 is 12.1 Å².